The van der Waals surface area contributed by atoms with Crippen molar-refractivity contribution in [2.24, 2.45) is 5.73 Å². The second-order valence-corrected chi connectivity index (χ2v) is 7.59. The molecule has 3 N–H and O–H groups in total. The number of piperidine rings is 1. The number of nitrogens with zero attached hydrogens (tertiary/aromatic N) is 3. The van der Waals surface area contributed by atoms with E-state index in [0.29, 0.717) is 12.2 Å². The molecule has 7 nitrogen and oxygen atoms in total. The van der Waals surface area contributed by atoms with E-state index >= 15 is 0 Å². The van der Waals surface area contributed by atoms with Gasteiger partial charge in [-0.1, -0.05) is 6.42 Å². The van der Waals surface area contributed by atoms with Gasteiger partial charge < -0.3 is 11.1 Å². The Hall–Kier alpha value is -1.89. The summed E-state index contributed by atoms with van der Waals surface area (Å²) in [5, 5.41) is 7.43. The molecular weight excluding hydrogens is 306 g/mol. The molecule has 0 bridgehead atoms. The molecule has 0 aromatic carbocycles. The van der Waals surface area contributed by atoms with E-state index in [9.17, 15) is 9.59 Å². The van der Waals surface area contributed by atoms with Crippen LogP contribution in [0.5, 0.6) is 0 Å². The van der Waals surface area contributed by atoms with Gasteiger partial charge in [0.25, 0.3) is 0 Å². The number of likely N-dealkylation sites (tertiary alicyclic amines) is 1. The Kier molecular flexibility index (Phi) is 5.64. The standard InChI is InChI=1S/C17H29N5O2/c1-12-9-15(22(20-12)17(2,3)4)19-16(24)11-21-8-6-5-7-13(21)10-14(18)23/h9,13H,5-8,10-11H2,1-4H3,(H2,18,23)(H,19,24). The molecule has 7 heteroatoms. The molecule has 1 atom stereocenters. The Bertz CT molecular complexity index is 603. The zero-order valence-corrected chi connectivity index (χ0v) is 15.1. The van der Waals surface area contributed by atoms with Crippen LogP contribution in [0.3, 0.4) is 0 Å². The second-order valence-electron chi connectivity index (χ2n) is 7.59. The monoisotopic (exact) mass is 335 g/mol. The van der Waals surface area contributed by atoms with Gasteiger partial charge in [0.2, 0.25) is 11.8 Å². The van der Waals surface area contributed by atoms with Gasteiger partial charge in [-0.25, -0.2) is 4.68 Å². The Morgan fingerprint density at radius 2 is 2.08 bits per heavy atom. The lowest BCUT2D eigenvalue weighted by atomic mass is 9.99. The van der Waals surface area contributed by atoms with Gasteiger partial charge >= 0.3 is 0 Å². The first-order valence-corrected chi connectivity index (χ1v) is 8.56. The molecule has 1 aliphatic heterocycles. The number of carbonyl (C=O) groups excluding carboxylic acids is 2. The highest BCUT2D eigenvalue weighted by Crippen LogP contribution is 2.22. The molecule has 0 aliphatic carbocycles. The topological polar surface area (TPSA) is 93.3 Å². The van der Waals surface area contributed by atoms with Gasteiger partial charge in [-0.15, -0.1) is 0 Å². The summed E-state index contributed by atoms with van der Waals surface area (Å²) in [4.78, 5) is 25.8. The molecule has 1 fully saturated rings. The minimum atomic E-state index is -0.311. The van der Waals surface area contributed by atoms with Crippen molar-refractivity contribution in [3.8, 4) is 0 Å². The Morgan fingerprint density at radius 3 is 2.71 bits per heavy atom. The van der Waals surface area contributed by atoms with Gasteiger partial charge in [0, 0.05) is 18.5 Å². The minimum Gasteiger partial charge on any atom is -0.370 e. The van der Waals surface area contributed by atoms with Crippen molar-refractivity contribution in [2.45, 2.75) is 65.0 Å². The number of nitrogens with two attached hydrogens (primary N) is 1. The van der Waals surface area contributed by atoms with Crippen LogP contribution in [-0.2, 0) is 15.1 Å². The number of primary amides is 1. The van der Waals surface area contributed by atoms with Crippen molar-refractivity contribution in [1.29, 1.82) is 0 Å². The van der Waals surface area contributed by atoms with Gasteiger partial charge in [-0.05, 0) is 47.1 Å². The van der Waals surface area contributed by atoms with Crippen LogP contribution in [0.2, 0.25) is 0 Å². The van der Waals surface area contributed by atoms with E-state index in [1.165, 1.54) is 0 Å². The minimum absolute atomic E-state index is 0.0660. The molecule has 1 aromatic heterocycles. The Labute approximate surface area is 143 Å². The third-order valence-corrected chi connectivity index (χ3v) is 4.27. The van der Waals surface area contributed by atoms with Crippen molar-refractivity contribution in [3.05, 3.63) is 11.8 Å². The smallest absolute Gasteiger partial charge is 0.239 e. The molecule has 24 heavy (non-hydrogen) atoms. The SMILES string of the molecule is Cc1cc(NC(=O)CN2CCCCC2CC(N)=O)n(C(C)(C)C)n1. The highest BCUT2D eigenvalue weighted by atomic mass is 16.2. The third-order valence-electron chi connectivity index (χ3n) is 4.27. The summed E-state index contributed by atoms with van der Waals surface area (Å²) in [6.07, 6.45) is 3.34. The second kappa shape index (κ2) is 7.34. The van der Waals surface area contributed by atoms with Crippen LogP contribution in [-0.4, -0.2) is 45.6 Å². The number of hydrogen-bond donors (Lipinski definition) is 2. The molecule has 1 aromatic rings. The van der Waals surface area contributed by atoms with Crippen molar-refractivity contribution in [3.63, 3.8) is 0 Å². The van der Waals surface area contributed by atoms with E-state index in [1.807, 2.05) is 38.4 Å². The van der Waals surface area contributed by atoms with Crippen LogP contribution in [0.1, 0.15) is 52.1 Å². The number of nitrogens with one attached hydrogen (secondary N) is 1. The largest absolute Gasteiger partial charge is 0.370 e. The zero-order valence-electron chi connectivity index (χ0n) is 15.1. The first kappa shape index (κ1) is 18.4. The molecular formula is C17H29N5O2. The third kappa shape index (κ3) is 4.80. The van der Waals surface area contributed by atoms with Gasteiger partial charge in [0.05, 0.1) is 17.8 Å². The van der Waals surface area contributed by atoms with Crippen molar-refractivity contribution in [1.82, 2.24) is 14.7 Å². The number of aromatic nitrogens is 2. The van der Waals surface area contributed by atoms with Crippen molar-refractivity contribution in [2.75, 3.05) is 18.4 Å². The summed E-state index contributed by atoms with van der Waals surface area (Å²) in [7, 11) is 0. The lowest BCUT2D eigenvalue weighted by Crippen LogP contribution is -2.45. The van der Waals surface area contributed by atoms with E-state index in [1.54, 1.807) is 0 Å². The van der Waals surface area contributed by atoms with Crippen LogP contribution in [0, 0.1) is 6.92 Å². The van der Waals surface area contributed by atoms with Crippen LogP contribution in [0.4, 0.5) is 5.82 Å². The number of anilines is 1. The molecule has 134 valence electrons. The molecule has 1 aliphatic rings. The molecule has 1 unspecified atom stereocenters. The summed E-state index contributed by atoms with van der Waals surface area (Å²) < 4.78 is 1.83. The van der Waals surface area contributed by atoms with Crippen molar-refractivity contribution < 1.29 is 9.59 Å². The zero-order chi connectivity index (χ0) is 17.9. The van der Waals surface area contributed by atoms with Gasteiger partial charge in [0.15, 0.2) is 0 Å². The van der Waals surface area contributed by atoms with Crippen LogP contribution in [0.15, 0.2) is 6.07 Å². The molecule has 0 radical (unpaired) electrons. The van der Waals surface area contributed by atoms with E-state index in [-0.39, 0.29) is 29.9 Å². The lowest BCUT2D eigenvalue weighted by Gasteiger charge is -2.34. The van der Waals surface area contributed by atoms with E-state index in [4.69, 9.17) is 5.73 Å². The van der Waals surface area contributed by atoms with Crippen molar-refractivity contribution >= 4 is 17.6 Å². The summed E-state index contributed by atoms with van der Waals surface area (Å²) >= 11 is 0. The fourth-order valence-corrected chi connectivity index (χ4v) is 3.20. The molecule has 2 heterocycles. The van der Waals surface area contributed by atoms with E-state index < -0.39 is 0 Å². The van der Waals surface area contributed by atoms with Crippen LogP contribution in [0.25, 0.3) is 0 Å². The highest BCUT2D eigenvalue weighted by molar-refractivity contribution is 5.91. The Balaban J connectivity index is 2.03. The van der Waals surface area contributed by atoms with Gasteiger partial charge in [-0.2, -0.15) is 5.10 Å². The molecule has 1 saturated heterocycles. The maximum absolute atomic E-state index is 12.5. The number of hydrogen-bond acceptors (Lipinski definition) is 4. The quantitative estimate of drug-likeness (QED) is 0.855. The predicted molar refractivity (Wildman–Crippen MR) is 93.6 cm³/mol. The normalized spacial score (nSPS) is 19.2. The number of rotatable bonds is 5. The fourth-order valence-electron chi connectivity index (χ4n) is 3.20. The molecule has 2 rings (SSSR count). The maximum atomic E-state index is 12.5. The van der Waals surface area contributed by atoms with E-state index in [0.717, 1.165) is 31.5 Å². The predicted octanol–water partition coefficient (Wildman–Crippen LogP) is 1.61. The highest BCUT2D eigenvalue weighted by Gasteiger charge is 2.26. The summed E-state index contributed by atoms with van der Waals surface area (Å²) in [6, 6.07) is 1.94. The Morgan fingerprint density at radius 1 is 1.38 bits per heavy atom. The van der Waals surface area contributed by atoms with E-state index in [2.05, 4.69) is 15.3 Å². The number of carbonyl (C=O) groups is 2. The fraction of sp³-hybridized carbons (Fsp3) is 0.706. The van der Waals surface area contributed by atoms with Gasteiger partial charge in [0.1, 0.15) is 5.82 Å². The lowest BCUT2D eigenvalue weighted by molar-refractivity contribution is -0.122. The first-order chi connectivity index (χ1) is 11.2. The number of amides is 2. The van der Waals surface area contributed by atoms with Crippen LogP contribution >= 0.6 is 0 Å². The number of aryl methyl sites for hydroxylation is 1. The first-order valence-electron chi connectivity index (χ1n) is 8.56. The molecule has 0 saturated carbocycles. The average molecular weight is 335 g/mol. The summed E-state index contributed by atoms with van der Waals surface area (Å²) in [6.45, 7) is 9.13. The molecule has 0 spiro atoms. The summed E-state index contributed by atoms with van der Waals surface area (Å²) in [5.41, 5.74) is 5.99. The summed E-state index contributed by atoms with van der Waals surface area (Å²) in [5.74, 6) is 0.305. The molecule has 2 amide bonds. The van der Waals surface area contributed by atoms with Crippen LogP contribution < -0.4 is 11.1 Å². The average Bonchev–Trinajstić information content (AvgIpc) is 2.81. The van der Waals surface area contributed by atoms with Gasteiger partial charge in [-0.3, -0.25) is 14.5 Å². The maximum Gasteiger partial charge on any atom is 0.239 e.